The quantitative estimate of drug-likeness (QED) is 0.210. The lowest BCUT2D eigenvalue weighted by molar-refractivity contribution is 0.409. The molecular formula is C6H14N4. The summed E-state index contributed by atoms with van der Waals surface area (Å²) in [6, 6.07) is 0.507. The second kappa shape index (κ2) is 2.77. The maximum Gasteiger partial charge on any atom is 0.213 e. The molecule has 0 radical (unpaired) electrons. The molecule has 10 heavy (non-hydrogen) atoms. The van der Waals surface area contributed by atoms with Crippen molar-refractivity contribution in [1.29, 1.82) is 0 Å². The number of nitrogens with zero attached hydrogens (tertiary/aromatic N) is 2. The predicted molar refractivity (Wildman–Crippen MR) is 41.2 cm³/mol. The van der Waals surface area contributed by atoms with Crippen LogP contribution in [0.2, 0.25) is 0 Å². The lowest BCUT2D eigenvalue weighted by Crippen LogP contribution is -2.40. The van der Waals surface area contributed by atoms with Crippen LogP contribution in [0, 0.1) is 0 Å². The summed E-state index contributed by atoms with van der Waals surface area (Å²) in [6.45, 7) is 3.12. The molecule has 0 saturated carbocycles. The van der Waals surface area contributed by atoms with Crippen molar-refractivity contribution in [3.63, 3.8) is 0 Å². The maximum absolute atomic E-state index is 5.52. The third-order valence-electron chi connectivity index (χ3n) is 1.98. The Hall–Kier alpha value is -0.930. The van der Waals surface area contributed by atoms with Crippen molar-refractivity contribution in [2.75, 3.05) is 6.54 Å². The first-order valence-electron chi connectivity index (χ1n) is 3.55. The number of guanidine groups is 1. The van der Waals surface area contributed by atoms with E-state index < -0.39 is 0 Å². The van der Waals surface area contributed by atoms with Gasteiger partial charge in [-0.3, -0.25) is 0 Å². The first-order chi connectivity index (χ1) is 4.75. The molecule has 1 aliphatic rings. The van der Waals surface area contributed by atoms with E-state index in [1.54, 1.807) is 0 Å². The minimum atomic E-state index is 0.463. The smallest absolute Gasteiger partial charge is 0.213 e. The highest BCUT2D eigenvalue weighted by Gasteiger charge is 2.21. The van der Waals surface area contributed by atoms with Gasteiger partial charge in [-0.25, -0.2) is 0 Å². The summed E-state index contributed by atoms with van der Waals surface area (Å²) < 4.78 is 0. The lowest BCUT2D eigenvalue weighted by atomic mass is 10.2. The van der Waals surface area contributed by atoms with Crippen molar-refractivity contribution in [1.82, 2.24) is 4.90 Å². The molecule has 0 spiro atoms. The number of likely N-dealkylation sites (tertiary alicyclic amines) is 1. The molecule has 0 aromatic heterocycles. The fourth-order valence-electron chi connectivity index (χ4n) is 1.35. The van der Waals surface area contributed by atoms with Crippen molar-refractivity contribution in [3.8, 4) is 0 Å². The molecule has 4 nitrogen and oxygen atoms in total. The van der Waals surface area contributed by atoms with Crippen LogP contribution >= 0.6 is 0 Å². The van der Waals surface area contributed by atoms with Crippen molar-refractivity contribution < 1.29 is 0 Å². The zero-order valence-corrected chi connectivity index (χ0v) is 6.25. The van der Waals surface area contributed by atoms with E-state index in [0.717, 1.165) is 6.54 Å². The zero-order valence-electron chi connectivity index (χ0n) is 6.25. The Kier molecular flexibility index (Phi) is 1.99. The van der Waals surface area contributed by atoms with Crippen LogP contribution in [0.5, 0.6) is 0 Å². The van der Waals surface area contributed by atoms with Crippen LogP contribution in [0.3, 0.4) is 0 Å². The summed E-state index contributed by atoms with van der Waals surface area (Å²) in [7, 11) is 0. The average Bonchev–Trinajstić information content (AvgIpc) is 2.34. The van der Waals surface area contributed by atoms with Gasteiger partial charge in [-0.15, -0.1) is 5.10 Å². The van der Waals surface area contributed by atoms with Crippen LogP contribution < -0.4 is 11.6 Å². The third kappa shape index (κ3) is 1.15. The Bertz CT molecular complexity index is 143. The Balaban J connectivity index is 2.55. The first kappa shape index (κ1) is 7.18. The van der Waals surface area contributed by atoms with Gasteiger partial charge in [0.25, 0.3) is 0 Å². The van der Waals surface area contributed by atoms with Crippen molar-refractivity contribution in [2.45, 2.75) is 25.8 Å². The summed E-state index contributed by atoms with van der Waals surface area (Å²) in [5.74, 6) is 5.50. The first-order valence-corrected chi connectivity index (χ1v) is 3.55. The molecule has 0 aromatic carbocycles. The van der Waals surface area contributed by atoms with E-state index in [9.17, 15) is 0 Å². The van der Waals surface area contributed by atoms with Crippen LogP contribution in [0.25, 0.3) is 0 Å². The number of hydrogen-bond acceptors (Lipinski definition) is 2. The van der Waals surface area contributed by atoms with Gasteiger partial charge in [0, 0.05) is 12.6 Å². The van der Waals surface area contributed by atoms with Crippen LogP contribution in [0.4, 0.5) is 0 Å². The highest BCUT2D eigenvalue weighted by molar-refractivity contribution is 5.78. The minimum absolute atomic E-state index is 0.463. The Labute approximate surface area is 60.9 Å². The van der Waals surface area contributed by atoms with E-state index in [0.29, 0.717) is 12.0 Å². The molecule has 1 fully saturated rings. The largest absolute Gasteiger partial charge is 0.368 e. The molecule has 0 aromatic rings. The SMILES string of the molecule is CC1CCCN1C(N)=NN. The van der Waals surface area contributed by atoms with Gasteiger partial charge in [0.1, 0.15) is 0 Å². The van der Waals surface area contributed by atoms with Gasteiger partial charge < -0.3 is 16.5 Å². The number of nitrogens with two attached hydrogens (primary N) is 2. The molecule has 0 aliphatic carbocycles. The second-order valence-corrected chi connectivity index (χ2v) is 2.67. The fourth-order valence-corrected chi connectivity index (χ4v) is 1.35. The summed E-state index contributed by atoms with van der Waals surface area (Å²) in [5.41, 5.74) is 5.52. The van der Waals surface area contributed by atoms with Gasteiger partial charge in [-0.1, -0.05) is 0 Å². The summed E-state index contributed by atoms with van der Waals surface area (Å²) in [5, 5.41) is 3.44. The van der Waals surface area contributed by atoms with Crippen LogP contribution in [0.1, 0.15) is 19.8 Å². The van der Waals surface area contributed by atoms with Crippen molar-refractivity contribution in [3.05, 3.63) is 0 Å². The summed E-state index contributed by atoms with van der Waals surface area (Å²) in [4.78, 5) is 2.03. The summed E-state index contributed by atoms with van der Waals surface area (Å²) >= 11 is 0. The van der Waals surface area contributed by atoms with Gasteiger partial charge in [-0.05, 0) is 19.8 Å². The molecule has 4 heteroatoms. The van der Waals surface area contributed by atoms with E-state index >= 15 is 0 Å². The molecule has 0 bridgehead atoms. The molecule has 0 amide bonds. The molecule has 4 N–H and O–H groups in total. The normalized spacial score (nSPS) is 27.5. The van der Waals surface area contributed by atoms with Crippen LogP contribution in [-0.4, -0.2) is 23.4 Å². The highest BCUT2D eigenvalue weighted by Crippen LogP contribution is 2.14. The van der Waals surface area contributed by atoms with Crippen LogP contribution in [-0.2, 0) is 0 Å². The van der Waals surface area contributed by atoms with Gasteiger partial charge in [-0.2, -0.15) is 0 Å². The standard InChI is InChI=1S/C6H14N4/c1-5-3-2-4-10(5)6(7)9-8/h5H,2-4,8H2,1H3,(H2,7,9). The maximum atomic E-state index is 5.52. The fraction of sp³-hybridized carbons (Fsp3) is 0.833. The lowest BCUT2D eigenvalue weighted by Gasteiger charge is -2.20. The van der Waals surface area contributed by atoms with Gasteiger partial charge in [0.05, 0.1) is 0 Å². The van der Waals surface area contributed by atoms with E-state index in [4.69, 9.17) is 11.6 Å². The average molecular weight is 142 g/mol. The number of rotatable bonds is 0. The number of hydrogen-bond donors (Lipinski definition) is 2. The number of hydrazone groups is 1. The zero-order chi connectivity index (χ0) is 7.56. The second-order valence-electron chi connectivity index (χ2n) is 2.67. The topological polar surface area (TPSA) is 67.6 Å². The molecule has 1 atom stereocenters. The van der Waals surface area contributed by atoms with E-state index in [1.165, 1.54) is 12.8 Å². The molecule has 1 rings (SSSR count). The molecular weight excluding hydrogens is 128 g/mol. The van der Waals surface area contributed by atoms with E-state index in [1.807, 2.05) is 4.90 Å². The highest BCUT2D eigenvalue weighted by atomic mass is 15.3. The van der Waals surface area contributed by atoms with Crippen LogP contribution in [0.15, 0.2) is 5.10 Å². The third-order valence-corrected chi connectivity index (χ3v) is 1.98. The summed E-state index contributed by atoms with van der Waals surface area (Å²) in [6.07, 6.45) is 2.38. The Morgan fingerprint density at radius 2 is 2.40 bits per heavy atom. The van der Waals surface area contributed by atoms with Gasteiger partial charge in [0.15, 0.2) is 0 Å². The molecule has 1 saturated heterocycles. The minimum Gasteiger partial charge on any atom is -0.368 e. The van der Waals surface area contributed by atoms with Gasteiger partial charge in [0.2, 0.25) is 5.96 Å². The van der Waals surface area contributed by atoms with Crippen molar-refractivity contribution in [2.24, 2.45) is 16.7 Å². The Morgan fingerprint density at radius 3 is 2.80 bits per heavy atom. The monoisotopic (exact) mass is 142 g/mol. The molecule has 1 heterocycles. The Morgan fingerprint density at radius 1 is 1.70 bits per heavy atom. The molecule has 58 valence electrons. The van der Waals surface area contributed by atoms with Crippen molar-refractivity contribution >= 4 is 5.96 Å². The molecule has 1 aliphatic heterocycles. The predicted octanol–water partition coefficient (Wildman–Crippen LogP) is -0.341. The van der Waals surface area contributed by atoms with E-state index in [2.05, 4.69) is 12.0 Å². The molecule has 1 unspecified atom stereocenters. The van der Waals surface area contributed by atoms with E-state index in [-0.39, 0.29) is 0 Å². The van der Waals surface area contributed by atoms with Gasteiger partial charge >= 0.3 is 0 Å².